The zero-order valence-corrected chi connectivity index (χ0v) is 27.8. The molecule has 9 nitrogen and oxygen atoms in total. The van der Waals surface area contributed by atoms with Crippen LogP contribution in [0.1, 0.15) is 53.4 Å². The first kappa shape index (κ1) is 30.7. The summed E-state index contributed by atoms with van der Waals surface area (Å²) >= 11 is 0. The minimum Gasteiger partial charge on any atom is -0.338 e. The molecule has 2 aliphatic heterocycles. The molecule has 6 aromatic rings. The van der Waals surface area contributed by atoms with Crippen molar-refractivity contribution >= 4 is 28.4 Å². The summed E-state index contributed by atoms with van der Waals surface area (Å²) in [7, 11) is 0. The van der Waals surface area contributed by atoms with Crippen LogP contribution in [0.2, 0.25) is 0 Å². The van der Waals surface area contributed by atoms with Gasteiger partial charge < -0.3 is 9.80 Å². The minimum atomic E-state index is -0.732. The molecule has 1 saturated heterocycles. The first-order chi connectivity index (χ1) is 23.9. The highest BCUT2D eigenvalue weighted by molar-refractivity contribution is 6.05. The summed E-state index contributed by atoms with van der Waals surface area (Å²) in [6.07, 6.45) is 4.08. The van der Waals surface area contributed by atoms with E-state index in [1.54, 1.807) is 4.90 Å². The third-order valence-corrected chi connectivity index (χ3v) is 9.95. The van der Waals surface area contributed by atoms with Crippen LogP contribution in [0.25, 0.3) is 28.0 Å². The number of aromatic amines is 1. The molecule has 2 aliphatic rings. The highest BCUT2D eigenvalue weighted by Crippen LogP contribution is 2.39. The summed E-state index contributed by atoms with van der Waals surface area (Å²) in [6.45, 7) is 4.86. The molecule has 8 rings (SSSR count). The van der Waals surface area contributed by atoms with Crippen molar-refractivity contribution in [3.63, 3.8) is 0 Å². The van der Waals surface area contributed by atoms with E-state index in [0.717, 1.165) is 53.5 Å². The number of nitrogens with zero attached hydrogens (tertiary/aromatic N) is 6. The lowest BCUT2D eigenvalue weighted by Gasteiger charge is -2.37. The van der Waals surface area contributed by atoms with Crippen molar-refractivity contribution < 1.29 is 9.59 Å². The van der Waals surface area contributed by atoms with Crippen molar-refractivity contribution in [2.45, 2.75) is 57.9 Å². The molecule has 9 heteroatoms. The van der Waals surface area contributed by atoms with Crippen molar-refractivity contribution in [3.8, 4) is 17.1 Å². The van der Waals surface area contributed by atoms with Crippen LogP contribution in [0, 0.1) is 13.8 Å². The topological polar surface area (TPSA) is 100 Å². The lowest BCUT2D eigenvalue weighted by molar-refractivity contribution is -0.134. The third-order valence-electron chi connectivity index (χ3n) is 9.95. The Bertz CT molecular complexity index is 2150. The largest absolute Gasteiger partial charge is 0.338 e. The maximum Gasteiger partial charge on any atom is 0.242 e. The summed E-state index contributed by atoms with van der Waals surface area (Å²) in [5, 5.41) is 18.0. The van der Waals surface area contributed by atoms with E-state index in [9.17, 15) is 9.59 Å². The fourth-order valence-corrected chi connectivity index (χ4v) is 7.77. The summed E-state index contributed by atoms with van der Waals surface area (Å²) in [5.41, 5.74) is 7.70. The second kappa shape index (κ2) is 12.8. The van der Waals surface area contributed by atoms with E-state index in [-0.39, 0.29) is 24.4 Å². The van der Waals surface area contributed by atoms with Gasteiger partial charge in [-0.2, -0.15) is 5.10 Å². The minimum absolute atomic E-state index is 0.0397. The molecule has 2 atom stereocenters. The van der Waals surface area contributed by atoms with Crippen LogP contribution in [0.3, 0.4) is 0 Å². The highest BCUT2D eigenvalue weighted by Gasteiger charge is 2.40. The van der Waals surface area contributed by atoms with E-state index < -0.39 is 5.92 Å². The number of hydrogen-bond acceptors (Lipinski definition) is 5. The van der Waals surface area contributed by atoms with E-state index in [0.29, 0.717) is 30.3 Å². The summed E-state index contributed by atoms with van der Waals surface area (Å²) in [4.78, 5) is 33.1. The van der Waals surface area contributed by atoms with Gasteiger partial charge in [0.15, 0.2) is 11.6 Å². The van der Waals surface area contributed by atoms with Gasteiger partial charge in [0, 0.05) is 30.0 Å². The third kappa shape index (κ3) is 5.79. The van der Waals surface area contributed by atoms with Gasteiger partial charge in [-0.05, 0) is 63.3 Å². The van der Waals surface area contributed by atoms with Gasteiger partial charge >= 0.3 is 0 Å². The van der Waals surface area contributed by atoms with Crippen LogP contribution in [0.15, 0.2) is 97.1 Å². The fraction of sp³-hybridized carbons (Fsp3) is 0.275. The maximum atomic E-state index is 15.0. The van der Waals surface area contributed by atoms with Crippen molar-refractivity contribution in [1.29, 1.82) is 0 Å². The number of carbonyl (C=O) groups is 2. The molecule has 4 aromatic carbocycles. The molecular weight excluding hydrogens is 610 g/mol. The number of nitrogens with one attached hydrogen (secondary N) is 1. The number of likely N-dealkylation sites (tertiary alicyclic amines) is 1. The highest BCUT2D eigenvalue weighted by atomic mass is 16.2. The van der Waals surface area contributed by atoms with Gasteiger partial charge in [-0.1, -0.05) is 90.0 Å². The molecule has 1 N–H and O–H groups in total. The summed E-state index contributed by atoms with van der Waals surface area (Å²) in [5.74, 6) is 0.211. The number of para-hydroxylation sites is 3. The molecule has 49 heavy (non-hydrogen) atoms. The van der Waals surface area contributed by atoms with Gasteiger partial charge in [-0.3, -0.25) is 19.3 Å². The number of anilines is 1. The quantitative estimate of drug-likeness (QED) is 0.207. The Morgan fingerprint density at radius 2 is 1.57 bits per heavy atom. The lowest BCUT2D eigenvalue weighted by Crippen LogP contribution is -2.50. The molecule has 246 valence electrons. The monoisotopic (exact) mass is 649 g/mol. The van der Waals surface area contributed by atoms with Crippen molar-refractivity contribution in [2.24, 2.45) is 0 Å². The molecule has 2 amide bonds. The zero-order valence-electron chi connectivity index (χ0n) is 27.8. The second-order valence-corrected chi connectivity index (χ2v) is 13.4. The molecule has 4 heterocycles. The number of aryl methyl sites for hydroxylation is 2. The normalized spacial score (nSPS) is 17.6. The van der Waals surface area contributed by atoms with Crippen LogP contribution >= 0.6 is 0 Å². The average molecular weight is 650 g/mol. The molecule has 0 radical (unpaired) electrons. The van der Waals surface area contributed by atoms with Crippen LogP contribution in [0.5, 0.6) is 0 Å². The number of hydrogen-bond donors (Lipinski definition) is 1. The van der Waals surface area contributed by atoms with Crippen molar-refractivity contribution in [1.82, 2.24) is 29.9 Å². The molecule has 0 spiro atoms. The van der Waals surface area contributed by atoms with Gasteiger partial charge in [0.05, 0.1) is 22.6 Å². The van der Waals surface area contributed by atoms with Crippen LogP contribution in [-0.4, -0.2) is 60.8 Å². The molecule has 0 aliphatic carbocycles. The lowest BCUT2D eigenvalue weighted by atomic mass is 9.94. The van der Waals surface area contributed by atoms with E-state index >= 15 is 0 Å². The Hall–Kier alpha value is -5.57. The van der Waals surface area contributed by atoms with E-state index in [2.05, 4.69) is 47.3 Å². The predicted molar refractivity (Wildman–Crippen MR) is 191 cm³/mol. The number of rotatable bonds is 7. The Morgan fingerprint density at radius 1 is 0.837 bits per heavy atom. The van der Waals surface area contributed by atoms with Gasteiger partial charge in [-0.15, -0.1) is 10.2 Å². The van der Waals surface area contributed by atoms with E-state index in [4.69, 9.17) is 5.10 Å². The molecule has 2 unspecified atom stereocenters. The van der Waals surface area contributed by atoms with Crippen LogP contribution in [0.4, 0.5) is 5.69 Å². The first-order valence-electron chi connectivity index (χ1n) is 17.1. The Balaban J connectivity index is 1.20. The smallest absolute Gasteiger partial charge is 0.242 e. The van der Waals surface area contributed by atoms with E-state index in [1.165, 1.54) is 16.7 Å². The maximum absolute atomic E-state index is 15.0. The SMILES string of the molecule is Cc1cc(C)cc(CC2CCCCN2C(=O)CN2C(=O)C(Cc3n[nH]c4ccccc34)c3nnc(-c4ccccc4)n3-c3ccccc32)c1. The number of amides is 2. The van der Waals surface area contributed by atoms with E-state index in [1.807, 2.05) is 88.3 Å². The number of H-pyrrole nitrogens is 1. The fourth-order valence-electron chi connectivity index (χ4n) is 7.77. The Labute approximate surface area is 285 Å². The molecule has 1 fully saturated rings. The average Bonchev–Trinajstić information content (AvgIpc) is 3.72. The standard InChI is InChI=1S/C40H39N7O2/c1-26-20-27(2)22-28(21-26)23-30-14-10-11-19-45(30)37(48)25-46-35-17-8-9-18-36(35)47-38(29-12-4-3-5-13-29)43-44-39(47)32(40(46)49)24-34-31-15-6-7-16-33(31)41-42-34/h3-9,12-13,15-18,20-22,30,32H,10-11,14,19,23-25H2,1-2H3,(H,41,42). The van der Waals surface area contributed by atoms with Gasteiger partial charge in [-0.25, -0.2) is 0 Å². The predicted octanol–water partition coefficient (Wildman–Crippen LogP) is 6.72. The molecule has 0 bridgehead atoms. The van der Waals surface area contributed by atoms with Crippen LogP contribution in [-0.2, 0) is 22.4 Å². The Kier molecular flexibility index (Phi) is 8.03. The number of carbonyl (C=O) groups excluding carboxylic acids is 2. The number of piperidine rings is 1. The summed E-state index contributed by atoms with van der Waals surface area (Å²) < 4.78 is 2.00. The zero-order chi connectivity index (χ0) is 33.5. The molecule has 0 saturated carbocycles. The number of benzene rings is 4. The second-order valence-electron chi connectivity index (χ2n) is 13.4. The van der Waals surface area contributed by atoms with Gasteiger partial charge in [0.2, 0.25) is 11.8 Å². The number of fused-ring (bicyclic) bond motifs is 4. The van der Waals surface area contributed by atoms with Crippen molar-refractivity contribution in [3.05, 3.63) is 125 Å². The molecular formula is C40H39N7O2. The van der Waals surface area contributed by atoms with Gasteiger partial charge in [0.1, 0.15) is 12.5 Å². The van der Waals surface area contributed by atoms with Crippen molar-refractivity contribution in [2.75, 3.05) is 18.0 Å². The molecule has 2 aromatic heterocycles. The first-order valence-corrected chi connectivity index (χ1v) is 17.1. The summed E-state index contributed by atoms with van der Waals surface area (Å²) in [6, 6.07) is 32.3. The van der Waals surface area contributed by atoms with Crippen LogP contribution < -0.4 is 4.90 Å². The number of aromatic nitrogens is 5. The van der Waals surface area contributed by atoms with Gasteiger partial charge in [0.25, 0.3) is 0 Å². The Morgan fingerprint density at radius 3 is 2.39 bits per heavy atom.